The molecule has 7 rings (SSSR count). The number of fused-ring (bicyclic) bond motifs is 2. The molecule has 0 aromatic heterocycles. The van der Waals surface area contributed by atoms with Crippen molar-refractivity contribution in [2.24, 2.45) is 20.5 Å². The Morgan fingerprint density at radius 3 is 1.31 bits per heavy atom. The molecule has 7 aromatic carbocycles. The average molecular weight is 829 g/mol. The van der Waals surface area contributed by atoms with E-state index in [4.69, 9.17) is 9.47 Å². The van der Waals surface area contributed by atoms with Crippen LogP contribution in [0.2, 0.25) is 0 Å². The molecule has 0 aliphatic heterocycles. The van der Waals surface area contributed by atoms with Gasteiger partial charge in [-0.15, -0.1) is 10.2 Å². The number of esters is 2. The van der Waals surface area contributed by atoms with Crippen LogP contribution in [0, 0.1) is 0 Å². The Morgan fingerprint density at radius 1 is 0.516 bits per heavy atom. The number of anilines is 2. The number of phenols is 2. The van der Waals surface area contributed by atoms with Crippen LogP contribution < -0.4 is 10.6 Å². The highest BCUT2D eigenvalue weighted by Crippen LogP contribution is 2.42. The predicted molar refractivity (Wildman–Crippen MR) is 236 cm³/mol. The third-order valence-electron chi connectivity index (χ3n) is 10.2. The Morgan fingerprint density at radius 2 is 0.919 bits per heavy atom. The van der Waals surface area contributed by atoms with Crippen molar-refractivity contribution in [2.45, 2.75) is 26.7 Å². The summed E-state index contributed by atoms with van der Waals surface area (Å²) in [5.74, 6) is -3.08. The topological polar surface area (TPSA) is 201 Å². The Bertz CT molecular complexity index is 2780. The molecule has 2 amide bonds. The quantitative estimate of drug-likeness (QED) is 0.0688. The number of azo groups is 2. The summed E-state index contributed by atoms with van der Waals surface area (Å²) in [5, 5.41) is 48.5. The van der Waals surface area contributed by atoms with Crippen molar-refractivity contribution in [3.63, 3.8) is 0 Å². The molecule has 62 heavy (non-hydrogen) atoms. The Kier molecular flexibility index (Phi) is 12.4. The molecule has 0 unspecified atom stereocenters. The van der Waals surface area contributed by atoms with Crippen LogP contribution in [0.1, 0.15) is 66.4 Å². The normalized spacial score (nSPS) is 11.3. The lowest BCUT2D eigenvalue weighted by molar-refractivity contribution is 0.0592. The third kappa shape index (κ3) is 8.56. The van der Waals surface area contributed by atoms with Gasteiger partial charge < -0.3 is 30.3 Å². The molecule has 0 aliphatic rings. The first-order valence-corrected chi connectivity index (χ1v) is 19.5. The van der Waals surface area contributed by atoms with Crippen molar-refractivity contribution in [3.8, 4) is 11.5 Å². The van der Waals surface area contributed by atoms with Gasteiger partial charge in [0.1, 0.15) is 11.4 Å². The Hall–Kier alpha value is -8.26. The maximum Gasteiger partial charge on any atom is 0.337 e. The third-order valence-corrected chi connectivity index (χ3v) is 10.2. The monoisotopic (exact) mass is 828 g/mol. The van der Waals surface area contributed by atoms with Gasteiger partial charge in [-0.2, -0.15) is 10.2 Å². The molecule has 0 atom stereocenters. The first-order valence-electron chi connectivity index (χ1n) is 19.5. The maximum atomic E-state index is 14.0. The van der Waals surface area contributed by atoms with Gasteiger partial charge in [-0.05, 0) is 95.4 Å². The van der Waals surface area contributed by atoms with E-state index in [9.17, 15) is 29.4 Å². The number of hydrogen-bond donors (Lipinski definition) is 4. The second kappa shape index (κ2) is 18.3. The van der Waals surface area contributed by atoms with Gasteiger partial charge in [-0.3, -0.25) is 9.59 Å². The van der Waals surface area contributed by atoms with E-state index in [0.29, 0.717) is 57.1 Å². The minimum Gasteiger partial charge on any atom is -0.505 e. The number of hydrogen-bond acceptors (Lipinski definition) is 12. The van der Waals surface area contributed by atoms with Gasteiger partial charge in [0.25, 0.3) is 11.8 Å². The summed E-state index contributed by atoms with van der Waals surface area (Å²) in [6.07, 6.45) is 0.943. The zero-order chi connectivity index (χ0) is 43.9. The van der Waals surface area contributed by atoms with Crippen LogP contribution >= 0.6 is 0 Å². The largest absolute Gasteiger partial charge is 0.505 e. The van der Waals surface area contributed by atoms with E-state index in [1.165, 1.54) is 26.4 Å². The van der Waals surface area contributed by atoms with Crippen molar-refractivity contribution in [1.29, 1.82) is 0 Å². The number of nitrogens with one attached hydrogen (secondary N) is 2. The molecule has 310 valence electrons. The second-order valence-corrected chi connectivity index (χ2v) is 13.9. The molecule has 0 bridgehead atoms. The summed E-state index contributed by atoms with van der Waals surface area (Å²) in [5.41, 5.74) is 3.68. The number of methoxy groups -OCH3 is 2. The van der Waals surface area contributed by atoms with Gasteiger partial charge in [0, 0.05) is 22.1 Å². The SMILES string of the molecule is CCc1c(NC(=O)c2cc3ccccc3c(N=Nc3cccc(C(=O)OC)c3)c2O)ccc(NC(=O)c2cc3ccccc3c(N=Nc3cccc(C(=O)OC)c3)c2O)c1CC. The fourth-order valence-corrected chi connectivity index (χ4v) is 7.14. The minimum atomic E-state index is -0.606. The summed E-state index contributed by atoms with van der Waals surface area (Å²) in [7, 11) is 2.56. The van der Waals surface area contributed by atoms with Crippen molar-refractivity contribution in [2.75, 3.05) is 24.9 Å². The number of carbonyl (C=O) groups excluding carboxylic acids is 4. The maximum absolute atomic E-state index is 14.0. The van der Waals surface area contributed by atoms with E-state index < -0.39 is 35.3 Å². The first-order chi connectivity index (χ1) is 30.0. The van der Waals surface area contributed by atoms with E-state index >= 15 is 0 Å². The molecule has 4 N–H and O–H groups in total. The van der Waals surface area contributed by atoms with E-state index in [1.807, 2.05) is 13.8 Å². The van der Waals surface area contributed by atoms with E-state index in [0.717, 1.165) is 11.1 Å². The van der Waals surface area contributed by atoms with Gasteiger partial charge in [0.2, 0.25) is 0 Å². The van der Waals surface area contributed by atoms with Crippen LogP contribution in [0.3, 0.4) is 0 Å². The number of benzene rings is 7. The first kappa shape index (κ1) is 41.9. The van der Waals surface area contributed by atoms with Crippen LogP contribution in [-0.2, 0) is 22.3 Å². The van der Waals surface area contributed by atoms with Crippen LogP contribution in [-0.4, -0.2) is 48.2 Å². The van der Waals surface area contributed by atoms with Crippen LogP contribution in [0.15, 0.2) is 142 Å². The van der Waals surface area contributed by atoms with Gasteiger partial charge in [0.15, 0.2) is 11.5 Å². The summed E-state index contributed by atoms with van der Waals surface area (Å²) >= 11 is 0. The standard InChI is InChI=1S/C48H40N6O8/c1-5-33-34(6-2)40(50-46(58)38-26-28-14-8-10-20-36(28)42(44(38)56)54-52-32-18-12-16-30(24-32)48(60)62-4)22-21-39(33)49-45(57)37-25-27-13-7-9-19-35(27)41(43(37)55)53-51-31-17-11-15-29(23-31)47(59)61-3/h7-26,55-56H,5-6H2,1-4H3,(H,49,57)(H,50,58). The molecule has 0 spiro atoms. The second-order valence-electron chi connectivity index (χ2n) is 13.9. The highest BCUT2D eigenvalue weighted by molar-refractivity contribution is 6.14. The van der Waals surface area contributed by atoms with E-state index in [2.05, 4.69) is 31.1 Å². The van der Waals surface area contributed by atoms with Crippen molar-refractivity contribution in [3.05, 3.63) is 155 Å². The van der Waals surface area contributed by atoms with Crippen LogP contribution in [0.4, 0.5) is 34.1 Å². The number of nitrogens with zero attached hydrogens (tertiary/aromatic N) is 4. The van der Waals surface area contributed by atoms with Crippen molar-refractivity contribution < 1.29 is 38.9 Å². The van der Waals surface area contributed by atoms with Gasteiger partial charge in [0.05, 0.1) is 47.8 Å². The molecular formula is C48H40N6O8. The number of carbonyl (C=O) groups is 4. The van der Waals surface area contributed by atoms with Gasteiger partial charge in [-0.25, -0.2) is 9.59 Å². The van der Waals surface area contributed by atoms with Crippen molar-refractivity contribution in [1.82, 2.24) is 0 Å². The number of rotatable bonds is 12. The number of ether oxygens (including phenoxy) is 2. The lowest BCUT2D eigenvalue weighted by Crippen LogP contribution is -2.17. The molecule has 7 aromatic rings. The lowest BCUT2D eigenvalue weighted by atomic mass is 9.97. The molecule has 0 aliphatic carbocycles. The van der Waals surface area contributed by atoms with Crippen LogP contribution in [0.5, 0.6) is 11.5 Å². The predicted octanol–water partition coefficient (Wildman–Crippen LogP) is 11.4. The fraction of sp³-hybridized carbons (Fsp3) is 0.125. The Labute approximate surface area is 355 Å². The number of amides is 2. The summed E-state index contributed by atoms with van der Waals surface area (Å²) < 4.78 is 9.61. The molecule has 14 nitrogen and oxygen atoms in total. The molecule has 0 radical (unpaired) electrons. The van der Waals surface area contributed by atoms with Crippen molar-refractivity contribution >= 4 is 79.4 Å². The van der Waals surface area contributed by atoms with Gasteiger partial charge >= 0.3 is 11.9 Å². The zero-order valence-electron chi connectivity index (χ0n) is 34.1. The summed E-state index contributed by atoms with van der Waals surface area (Å²) in [4.78, 5) is 52.2. The summed E-state index contributed by atoms with van der Waals surface area (Å²) in [6.45, 7) is 3.84. The fourth-order valence-electron chi connectivity index (χ4n) is 7.14. The highest BCUT2D eigenvalue weighted by atomic mass is 16.5. The number of aromatic hydroxyl groups is 2. The average Bonchev–Trinajstić information content (AvgIpc) is 3.30. The van der Waals surface area contributed by atoms with E-state index in [1.54, 1.807) is 109 Å². The molecule has 0 heterocycles. The van der Waals surface area contributed by atoms with E-state index in [-0.39, 0.29) is 33.6 Å². The van der Waals surface area contributed by atoms with Gasteiger partial charge in [-0.1, -0.05) is 74.5 Å². The summed E-state index contributed by atoms with van der Waals surface area (Å²) in [6, 6.07) is 33.4. The van der Waals surface area contributed by atoms with Crippen LogP contribution in [0.25, 0.3) is 21.5 Å². The smallest absolute Gasteiger partial charge is 0.337 e. The molecule has 0 saturated heterocycles. The zero-order valence-corrected chi connectivity index (χ0v) is 34.1. The molecule has 0 saturated carbocycles. The molecule has 0 fully saturated rings. The highest BCUT2D eigenvalue weighted by Gasteiger charge is 2.23. The Balaban J connectivity index is 1.18. The molecule has 14 heteroatoms. The molecular weight excluding hydrogens is 789 g/mol. The number of phenolic OH excluding ortho intramolecular Hbond substituents is 2. The minimum absolute atomic E-state index is 0.0469. The lowest BCUT2D eigenvalue weighted by Gasteiger charge is -2.19.